The minimum Gasteiger partial charge on any atom is -0.458 e. The molecule has 3 unspecified atom stereocenters. The number of epoxide rings is 1. The highest BCUT2D eigenvalue weighted by Gasteiger charge is 2.45. The topological polar surface area (TPSA) is 59.1 Å². The van der Waals surface area contributed by atoms with Crippen LogP contribution in [0.5, 0.6) is 0 Å². The summed E-state index contributed by atoms with van der Waals surface area (Å²) in [6.07, 6.45) is 13.4. The fourth-order valence-corrected chi connectivity index (χ4v) is 2.71. The van der Waals surface area contributed by atoms with Crippen molar-refractivity contribution in [3.05, 3.63) is 0 Å². The molecule has 1 fully saturated rings. The summed E-state index contributed by atoms with van der Waals surface area (Å²) in [6, 6.07) is 0. The molecule has 1 saturated heterocycles. The second kappa shape index (κ2) is 11.9. The maximum atomic E-state index is 11.6. The lowest BCUT2D eigenvalue weighted by Gasteiger charge is -2.08. The third-order valence-corrected chi connectivity index (χ3v) is 4.23. The molecular formula is C18H34O4. The van der Waals surface area contributed by atoms with Gasteiger partial charge in [-0.3, -0.25) is 0 Å². The van der Waals surface area contributed by atoms with Gasteiger partial charge in [0, 0.05) is 0 Å². The van der Waals surface area contributed by atoms with Crippen molar-refractivity contribution < 1.29 is 19.4 Å². The number of unbranched alkanes of at least 4 members (excludes halogenated alkanes) is 9. The van der Waals surface area contributed by atoms with Crippen LogP contribution in [0.2, 0.25) is 0 Å². The fraction of sp³-hybridized carbons (Fsp3) is 0.944. The van der Waals surface area contributed by atoms with E-state index in [1.807, 2.05) is 0 Å². The molecule has 0 saturated carbocycles. The maximum absolute atomic E-state index is 11.6. The molecule has 1 aliphatic heterocycles. The molecule has 0 aromatic carbocycles. The van der Waals surface area contributed by atoms with E-state index < -0.39 is 6.10 Å². The zero-order valence-electron chi connectivity index (χ0n) is 14.4. The number of hydrogen-bond donors (Lipinski definition) is 1. The van der Waals surface area contributed by atoms with Gasteiger partial charge in [0.1, 0.15) is 6.10 Å². The molecule has 0 bridgehead atoms. The average molecular weight is 314 g/mol. The monoisotopic (exact) mass is 314 g/mol. The van der Waals surface area contributed by atoms with E-state index in [9.17, 15) is 4.79 Å². The van der Waals surface area contributed by atoms with Crippen LogP contribution in [-0.2, 0) is 14.3 Å². The molecule has 1 N–H and O–H groups in total. The molecule has 0 spiro atoms. The van der Waals surface area contributed by atoms with Crippen LogP contribution in [0.25, 0.3) is 0 Å². The molecular weight excluding hydrogens is 280 g/mol. The van der Waals surface area contributed by atoms with Crippen LogP contribution < -0.4 is 0 Å². The van der Waals surface area contributed by atoms with Gasteiger partial charge < -0.3 is 14.6 Å². The lowest BCUT2D eigenvalue weighted by Crippen LogP contribution is -2.22. The third-order valence-electron chi connectivity index (χ3n) is 4.23. The van der Waals surface area contributed by atoms with Crippen molar-refractivity contribution in [3.63, 3.8) is 0 Å². The van der Waals surface area contributed by atoms with Crippen molar-refractivity contribution >= 4 is 5.97 Å². The zero-order chi connectivity index (χ0) is 16.2. The number of carbonyl (C=O) groups excluding carboxylic acids is 1. The Hall–Kier alpha value is -0.610. The first-order valence-corrected chi connectivity index (χ1v) is 9.15. The van der Waals surface area contributed by atoms with E-state index in [4.69, 9.17) is 14.6 Å². The average Bonchev–Trinajstić information content (AvgIpc) is 3.28. The number of aliphatic hydroxyl groups is 1. The Labute approximate surface area is 135 Å². The number of ether oxygens (including phenoxy) is 2. The van der Waals surface area contributed by atoms with Crippen LogP contribution in [0, 0.1) is 0 Å². The summed E-state index contributed by atoms with van der Waals surface area (Å²) >= 11 is 0. The number of carbonyl (C=O) groups is 1. The summed E-state index contributed by atoms with van der Waals surface area (Å²) in [5.74, 6) is -0.321. The van der Waals surface area contributed by atoms with Crippen LogP contribution in [0.4, 0.5) is 0 Å². The Bertz CT molecular complexity index is 293. The Morgan fingerprint density at radius 3 is 2.14 bits per heavy atom. The van der Waals surface area contributed by atoms with E-state index in [1.54, 1.807) is 6.92 Å². The van der Waals surface area contributed by atoms with Gasteiger partial charge in [-0.1, -0.05) is 71.1 Å². The molecule has 3 atom stereocenters. The van der Waals surface area contributed by atoms with E-state index >= 15 is 0 Å². The van der Waals surface area contributed by atoms with Gasteiger partial charge >= 0.3 is 5.97 Å². The van der Waals surface area contributed by atoms with E-state index in [-0.39, 0.29) is 24.8 Å². The molecule has 22 heavy (non-hydrogen) atoms. The van der Waals surface area contributed by atoms with E-state index in [0.717, 1.165) is 12.8 Å². The summed E-state index contributed by atoms with van der Waals surface area (Å²) in [5, 5.41) is 8.84. The van der Waals surface area contributed by atoms with Gasteiger partial charge in [0.25, 0.3) is 0 Å². The predicted octanol–water partition coefficient (Wildman–Crippen LogP) is 3.99. The molecule has 1 aliphatic rings. The van der Waals surface area contributed by atoms with Crippen molar-refractivity contribution in [2.24, 2.45) is 0 Å². The number of aliphatic hydroxyl groups excluding tert-OH is 1. The van der Waals surface area contributed by atoms with Crippen LogP contribution in [-0.4, -0.2) is 36.0 Å². The Morgan fingerprint density at radius 2 is 1.59 bits per heavy atom. The van der Waals surface area contributed by atoms with Gasteiger partial charge in [-0.05, 0) is 13.3 Å². The lowest BCUT2D eigenvalue weighted by molar-refractivity contribution is -0.151. The minimum atomic E-state index is -0.435. The summed E-state index contributed by atoms with van der Waals surface area (Å²) in [5.41, 5.74) is 0. The quantitative estimate of drug-likeness (QED) is 0.299. The predicted molar refractivity (Wildman–Crippen MR) is 87.8 cm³/mol. The first-order valence-electron chi connectivity index (χ1n) is 9.15. The molecule has 4 nitrogen and oxygen atoms in total. The normalized spacial score (nSPS) is 21.6. The van der Waals surface area contributed by atoms with Crippen LogP contribution >= 0.6 is 0 Å². The van der Waals surface area contributed by atoms with Gasteiger partial charge in [-0.2, -0.15) is 0 Å². The molecule has 1 heterocycles. The first kappa shape index (κ1) is 19.4. The number of rotatable bonds is 14. The number of esters is 1. The van der Waals surface area contributed by atoms with Gasteiger partial charge in [-0.15, -0.1) is 0 Å². The Kier molecular flexibility index (Phi) is 10.5. The van der Waals surface area contributed by atoms with Crippen molar-refractivity contribution in [1.82, 2.24) is 0 Å². The second-order valence-electron chi connectivity index (χ2n) is 6.50. The highest BCUT2D eigenvalue weighted by atomic mass is 16.6. The van der Waals surface area contributed by atoms with Gasteiger partial charge in [0.2, 0.25) is 0 Å². The zero-order valence-corrected chi connectivity index (χ0v) is 14.4. The van der Waals surface area contributed by atoms with Gasteiger partial charge in [0.15, 0.2) is 6.10 Å². The van der Waals surface area contributed by atoms with E-state index in [1.165, 1.54) is 57.8 Å². The van der Waals surface area contributed by atoms with Crippen molar-refractivity contribution in [3.8, 4) is 0 Å². The first-order chi connectivity index (χ1) is 10.7. The standard InChI is InChI=1S/C18H34O4/c1-3-4-5-6-7-8-9-10-11-12-13-16-17(22-16)18(20)21-15(2)14-19/h15-17,19H,3-14H2,1-2H3. The molecule has 0 amide bonds. The smallest absolute Gasteiger partial charge is 0.338 e. The highest BCUT2D eigenvalue weighted by molar-refractivity contribution is 5.78. The SMILES string of the molecule is CCCCCCCCCCCCC1OC1C(=O)OC(C)CO. The maximum Gasteiger partial charge on any atom is 0.338 e. The molecule has 0 aromatic rings. The van der Waals surface area contributed by atoms with Gasteiger partial charge in [0.05, 0.1) is 12.7 Å². The van der Waals surface area contributed by atoms with E-state index in [0.29, 0.717) is 0 Å². The summed E-state index contributed by atoms with van der Waals surface area (Å²) in [4.78, 5) is 11.6. The van der Waals surface area contributed by atoms with Crippen molar-refractivity contribution in [2.75, 3.05) is 6.61 Å². The Balaban J connectivity index is 1.85. The summed E-state index contributed by atoms with van der Waals surface area (Å²) in [7, 11) is 0. The van der Waals surface area contributed by atoms with Gasteiger partial charge in [-0.25, -0.2) is 4.79 Å². The molecule has 0 aromatic heterocycles. The van der Waals surface area contributed by atoms with Crippen LogP contribution in [0.15, 0.2) is 0 Å². The van der Waals surface area contributed by atoms with Crippen LogP contribution in [0.3, 0.4) is 0 Å². The number of hydrogen-bond acceptors (Lipinski definition) is 4. The molecule has 1 rings (SSSR count). The minimum absolute atomic E-state index is 0.0486. The molecule has 130 valence electrons. The second-order valence-corrected chi connectivity index (χ2v) is 6.50. The third kappa shape index (κ3) is 8.74. The van der Waals surface area contributed by atoms with Crippen LogP contribution in [0.1, 0.15) is 84.5 Å². The fourth-order valence-electron chi connectivity index (χ4n) is 2.71. The molecule has 0 radical (unpaired) electrons. The molecule has 0 aliphatic carbocycles. The largest absolute Gasteiger partial charge is 0.458 e. The Morgan fingerprint density at radius 1 is 1.05 bits per heavy atom. The highest BCUT2D eigenvalue weighted by Crippen LogP contribution is 2.29. The lowest BCUT2D eigenvalue weighted by atomic mass is 10.0. The summed E-state index contributed by atoms with van der Waals surface area (Å²) in [6.45, 7) is 3.79. The van der Waals surface area contributed by atoms with E-state index in [2.05, 4.69) is 6.92 Å². The van der Waals surface area contributed by atoms with Crippen molar-refractivity contribution in [1.29, 1.82) is 0 Å². The van der Waals surface area contributed by atoms with Crippen molar-refractivity contribution in [2.45, 2.75) is 103 Å². The molecule has 4 heteroatoms. The summed E-state index contributed by atoms with van der Waals surface area (Å²) < 4.78 is 10.4.